The van der Waals surface area contributed by atoms with Gasteiger partial charge in [-0.1, -0.05) is 18.2 Å². The fourth-order valence-corrected chi connectivity index (χ4v) is 6.09. The van der Waals surface area contributed by atoms with Crippen molar-refractivity contribution in [2.75, 3.05) is 24.6 Å². The lowest BCUT2D eigenvalue weighted by Crippen LogP contribution is -2.58. The molecule has 2 saturated heterocycles. The molecule has 3 heterocycles. The number of rotatable bonds is 4. The van der Waals surface area contributed by atoms with Gasteiger partial charge in [0.2, 0.25) is 0 Å². The summed E-state index contributed by atoms with van der Waals surface area (Å²) >= 11 is 0. The van der Waals surface area contributed by atoms with E-state index in [0.29, 0.717) is 6.54 Å². The van der Waals surface area contributed by atoms with Crippen LogP contribution in [0.5, 0.6) is 5.75 Å². The summed E-state index contributed by atoms with van der Waals surface area (Å²) in [6.07, 6.45) is 3.60. The van der Waals surface area contributed by atoms with E-state index in [1.54, 1.807) is 18.3 Å². The van der Waals surface area contributed by atoms with Gasteiger partial charge in [-0.2, -0.15) is 0 Å². The molecular formula is C19H23N3O3S. The SMILES string of the molecule is O=S1(=O)C[C@@H]2[C@H](C1)N(Cc1ccc(O)cc1)CCN2Cc1cccnc1. The van der Waals surface area contributed by atoms with Crippen molar-refractivity contribution >= 4 is 9.84 Å². The van der Waals surface area contributed by atoms with Crippen molar-refractivity contribution in [1.82, 2.24) is 14.8 Å². The molecule has 1 aromatic carbocycles. The molecule has 0 bridgehead atoms. The quantitative estimate of drug-likeness (QED) is 0.870. The molecule has 2 fully saturated rings. The van der Waals surface area contributed by atoms with Crippen molar-refractivity contribution in [2.24, 2.45) is 0 Å². The van der Waals surface area contributed by atoms with Gasteiger partial charge >= 0.3 is 0 Å². The predicted octanol–water partition coefficient (Wildman–Crippen LogP) is 1.27. The summed E-state index contributed by atoms with van der Waals surface area (Å²) in [5.74, 6) is 0.694. The highest BCUT2D eigenvalue weighted by Crippen LogP contribution is 2.29. The molecular weight excluding hydrogens is 350 g/mol. The minimum atomic E-state index is -3.02. The Morgan fingerprint density at radius 2 is 1.58 bits per heavy atom. The first-order valence-corrected chi connectivity index (χ1v) is 10.7. The Labute approximate surface area is 154 Å². The Bertz CT molecular complexity index is 855. The maximum Gasteiger partial charge on any atom is 0.153 e. The van der Waals surface area contributed by atoms with Gasteiger partial charge in [0.25, 0.3) is 0 Å². The summed E-state index contributed by atoms with van der Waals surface area (Å²) in [5.41, 5.74) is 2.20. The van der Waals surface area contributed by atoms with Crippen LogP contribution in [0.25, 0.3) is 0 Å². The molecule has 138 valence electrons. The summed E-state index contributed by atoms with van der Waals surface area (Å²) in [6.45, 7) is 3.11. The summed E-state index contributed by atoms with van der Waals surface area (Å²) in [7, 11) is -3.02. The van der Waals surface area contributed by atoms with Gasteiger partial charge < -0.3 is 5.11 Å². The van der Waals surface area contributed by atoms with Gasteiger partial charge in [0.15, 0.2) is 9.84 Å². The maximum atomic E-state index is 12.3. The van der Waals surface area contributed by atoms with Crippen molar-refractivity contribution in [2.45, 2.75) is 25.2 Å². The molecule has 6 nitrogen and oxygen atoms in total. The first-order valence-electron chi connectivity index (χ1n) is 8.85. The van der Waals surface area contributed by atoms with Crippen molar-refractivity contribution in [3.05, 3.63) is 59.9 Å². The number of fused-ring (bicyclic) bond motifs is 1. The summed E-state index contributed by atoms with van der Waals surface area (Å²) in [4.78, 5) is 8.74. The molecule has 7 heteroatoms. The largest absolute Gasteiger partial charge is 0.508 e. The number of piperazine rings is 1. The third kappa shape index (κ3) is 3.75. The molecule has 1 aromatic heterocycles. The number of aromatic hydroxyl groups is 1. The van der Waals surface area contributed by atoms with Crippen LogP contribution in [-0.2, 0) is 22.9 Å². The monoisotopic (exact) mass is 373 g/mol. The van der Waals surface area contributed by atoms with Crippen LogP contribution in [-0.4, -0.2) is 65.0 Å². The van der Waals surface area contributed by atoms with Gasteiger partial charge in [0.05, 0.1) is 11.5 Å². The second-order valence-electron chi connectivity index (χ2n) is 7.18. The average molecular weight is 373 g/mol. The van der Waals surface area contributed by atoms with Crippen LogP contribution in [0.2, 0.25) is 0 Å². The van der Waals surface area contributed by atoms with Gasteiger partial charge in [0.1, 0.15) is 5.75 Å². The molecule has 26 heavy (non-hydrogen) atoms. The zero-order valence-electron chi connectivity index (χ0n) is 14.5. The van der Waals surface area contributed by atoms with Gasteiger partial charge in [-0.05, 0) is 29.3 Å². The number of aromatic nitrogens is 1. The number of phenols is 1. The van der Waals surface area contributed by atoms with Crippen molar-refractivity contribution in [3.63, 3.8) is 0 Å². The van der Waals surface area contributed by atoms with Crippen LogP contribution in [0, 0.1) is 0 Å². The van der Waals surface area contributed by atoms with E-state index in [1.165, 1.54) is 0 Å². The molecule has 2 atom stereocenters. The molecule has 0 saturated carbocycles. The van der Waals surface area contributed by atoms with Crippen LogP contribution in [0.15, 0.2) is 48.8 Å². The third-order valence-electron chi connectivity index (χ3n) is 5.34. The standard InChI is InChI=1S/C19H23N3O3S/c23-17-5-3-15(4-6-17)11-21-8-9-22(12-16-2-1-7-20-10-16)19-14-26(24,25)13-18(19)21/h1-7,10,18-19,23H,8-9,11-14H2/t18-,19+/m0/s1. The van der Waals surface area contributed by atoms with Crippen molar-refractivity contribution < 1.29 is 13.5 Å². The van der Waals surface area contributed by atoms with Crippen LogP contribution in [0.4, 0.5) is 0 Å². The van der Waals surface area contributed by atoms with E-state index in [0.717, 1.165) is 30.8 Å². The van der Waals surface area contributed by atoms with Gasteiger partial charge in [-0.15, -0.1) is 0 Å². The molecule has 0 amide bonds. The minimum Gasteiger partial charge on any atom is -0.508 e. The molecule has 0 radical (unpaired) electrons. The highest BCUT2D eigenvalue weighted by molar-refractivity contribution is 7.91. The molecule has 1 N–H and O–H groups in total. The topological polar surface area (TPSA) is 73.7 Å². The number of hydrogen-bond acceptors (Lipinski definition) is 6. The number of pyridine rings is 1. The normalized spacial score (nSPS) is 25.8. The maximum absolute atomic E-state index is 12.3. The molecule has 2 aliphatic rings. The van der Waals surface area contributed by atoms with E-state index in [4.69, 9.17) is 0 Å². The Morgan fingerprint density at radius 3 is 2.15 bits per heavy atom. The van der Waals surface area contributed by atoms with Crippen molar-refractivity contribution in [1.29, 1.82) is 0 Å². The predicted molar refractivity (Wildman–Crippen MR) is 99.4 cm³/mol. The van der Waals surface area contributed by atoms with Crippen LogP contribution in [0.1, 0.15) is 11.1 Å². The number of sulfone groups is 1. The number of hydrogen-bond donors (Lipinski definition) is 1. The number of nitrogens with zero attached hydrogens (tertiary/aromatic N) is 3. The zero-order valence-corrected chi connectivity index (χ0v) is 15.3. The molecule has 0 aliphatic carbocycles. The van der Waals surface area contributed by atoms with E-state index in [9.17, 15) is 13.5 Å². The van der Waals surface area contributed by atoms with E-state index in [-0.39, 0.29) is 29.3 Å². The Balaban J connectivity index is 1.52. The van der Waals surface area contributed by atoms with Gasteiger partial charge in [-0.25, -0.2) is 8.42 Å². The van der Waals surface area contributed by atoms with E-state index < -0.39 is 9.84 Å². The molecule has 0 unspecified atom stereocenters. The molecule has 4 rings (SSSR count). The minimum absolute atomic E-state index is 0.0132. The highest BCUT2D eigenvalue weighted by atomic mass is 32.2. The highest BCUT2D eigenvalue weighted by Gasteiger charge is 2.46. The Morgan fingerprint density at radius 1 is 0.962 bits per heavy atom. The molecule has 2 aromatic rings. The van der Waals surface area contributed by atoms with Crippen molar-refractivity contribution in [3.8, 4) is 5.75 Å². The first kappa shape index (κ1) is 17.5. The Hall–Kier alpha value is -1.96. The third-order valence-corrected chi connectivity index (χ3v) is 7.04. The lowest BCUT2D eigenvalue weighted by molar-refractivity contribution is 0.0354. The fraction of sp³-hybridized carbons (Fsp3) is 0.421. The summed E-state index contributed by atoms with van der Waals surface area (Å²) < 4.78 is 24.7. The van der Waals surface area contributed by atoms with Gasteiger partial charge in [0, 0.05) is 50.7 Å². The van der Waals surface area contributed by atoms with E-state index in [2.05, 4.69) is 14.8 Å². The van der Waals surface area contributed by atoms with Crippen LogP contribution < -0.4 is 0 Å². The molecule has 0 spiro atoms. The average Bonchev–Trinajstić information content (AvgIpc) is 2.96. The summed E-state index contributed by atoms with van der Waals surface area (Å²) in [6, 6.07) is 11.1. The first-order chi connectivity index (χ1) is 12.5. The lowest BCUT2D eigenvalue weighted by Gasteiger charge is -2.44. The summed E-state index contributed by atoms with van der Waals surface area (Å²) in [5, 5.41) is 9.45. The smallest absolute Gasteiger partial charge is 0.153 e. The number of phenolic OH excluding ortho intramolecular Hbond substituents is 1. The second kappa shape index (κ2) is 6.98. The van der Waals surface area contributed by atoms with Crippen LogP contribution in [0.3, 0.4) is 0 Å². The zero-order chi connectivity index (χ0) is 18.1. The van der Waals surface area contributed by atoms with Gasteiger partial charge in [-0.3, -0.25) is 14.8 Å². The molecule has 2 aliphatic heterocycles. The van der Waals surface area contributed by atoms with E-state index in [1.807, 2.05) is 30.5 Å². The fourth-order valence-electron chi connectivity index (χ4n) is 4.05. The number of benzene rings is 1. The Kier molecular flexibility index (Phi) is 4.69. The lowest BCUT2D eigenvalue weighted by atomic mass is 10.0. The second-order valence-corrected chi connectivity index (χ2v) is 9.33. The van der Waals surface area contributed by atoms with E-state index >= 15 is 0 Å². The van der Waals surface area contributed by atoms with Crippen LogP contribution >= 0.6 is 0 Å².